The van der Waals surface area contributed by atoms with Gasteiger partial charge in [0.2, 0.25) is 0 Å². The lowest BCUT2D eigenvalue weighted by Crippen LogP contribution is -2.55. The molecule has 0 saturated carbocycles. The summed E-state index contributed by atoms with van der Waals surface area (Å²) in [7, 11) is 0. The van der Waals surface area contributed by atoms with E-state index in [9.17, 15) is 0 Å². The van der Waals surface area contributed by atoms with Crippen molar-refractivity contribution in [3.63, 3.8) is 0 Å². The van der Waals surface area contributed by atoms with E-state index in [0.717, 1.165) is 18.9 Å². The number of nitrogens with two attached hydrogens (primary N) is 1. The molecule has 4 heteroatoms. The van der Waals surface area contributed by atoms with Gasteiger partial charge in [0.05, 0.1) is 18.8 Å². The van der Waals surface area contributed by atoms with Crippen molar-refractivity contribution in [2.75, 3.05) is 18.9 Å². The van der Waals surface area contributed by atoms with E-state index in [1.54, 1.807) is 11.9 Å². The Bertz CT molecular complexity index is 308. The second-order valence-electron chi connectivity index (χ2n) is 3.83. The Morgan fingerprint density at radius 1 is 1.36 bits per heavy atom. The van der Waals surface area contributed by atoms with Crippen molar-refractivity contribution < 1.29 is 4.74 Å². The third kappa shape index (κ3) is 2.20. The maximum Gasteiger partial charge on any atom is 0.0724 e. The van der Waals surface area contributed by atoms with Gasteiger partial charge in [-0.2, -0.15) is 0 Å². The van der Waals surface area contributed by atoms with Crippen molar-refractivity contribution in [2.45, 2.75) is 17.4 Å². The van der Waals surface area contributed by atoms with Gasteiger partial charge in [-0.3, -0.25) is 0 Å². The molecule has 0 spiro atoms. The number of benzene rings is 1. The van der Waals surface area contributed by atoms with Crippen LogP contribution in [0.15, 0.2) is 29.2 Å². The molecular formula is C10H14N2OS. The standard InChI is InChI=1S/C10H14N2OS/c1-10(6-13-7-10)12-14-9-4-2-8(11)3-5-9/h2-5,12H,6-7,11H2,1H3. The Morgan fingerprint density at radius 2 is 2.00 bits per heavy atom. The average Bonchev–Trinajstić information content (AvgIpc) is 2.14. The lowest BCUT2D eigenvalue weighted by molar-refractivity contribution is -0.0510. The highest BCUT2D eigenvalue weighted by Crippen LogP contribution is 2.23. The van der Waals surface area contributed by atoms with E-state index in [-0.39, 0.29) is 5.54 Å². The highest BCUT2D eigenvalue weighted by molar-refractivity contribution is 7.97. The molecule has 0 bridgehead atoms. The van der Waals surface area contributed by atoms with Gasteiger partial charge in [0.25, 0.3) is 0 Å². The molecule has 2 rings (SSSR count). The van der Waals surface area contributed by atoms with Crippen molar-refractivity contribution in [1.29, 1.82) is 0 Å². The Labute approximate surface area is 88.1 Å². The molecule has 1 fully saturated rings. The quantitative estimate of drug-likeness (QED) is 0.588. The van der Waals surface area contributed by atoms with Gasteiger partial charge in [-0.05, 0) is 43.1 Å². The first-order valence-corrected chi connectivity index (χ1v) is 5.37. The molecule has 0 radical (unpaired) electrons. The third-order valence-electron chi connectivity index (χ3n) is 2.14. The Balaban J connectivity index is 1.88. The van der Waals surface area contributed by atoms with Crippen LogP contribution in [0.1, 0.15) is 6.92 Å². The normalized spacial score (nSPS) is 18.9. The summed E-state index contributed by atoms with van der Waals surface area (Å²) in [6, 6.07) is 7.83. The van der Waals surface area contributed by atoms with Crippen LogP contribution >= 0.6 is 11.9 Å². The van der Waals surface area contributed by atoms with Gasteiger partial charge in [-0.25, -0.2) is 4.72 Å². The fourth-order valence-electron chi connectivity index (χ4n) is 1.19. The maximum atomic E-state index is 5.60. The SMILES string of the molecule is CC1(NSc2ccc(N)cc2)COC1. The predicted octanol–water partition coefficient (Wildman–Crippen LogP) is 1.65. The monoisotopic (exact) mass is 210 g/mol. The topological polar surface area (TPSA) is 47.3 Å². The van der Waals surface area contributed by atoms with Crippen molar-refractivity contribution in [3.8, 4) is 0 Å². The number of nitrogen functional groups attached to an aromatic ring is 1. The molecule has 0 amide bonds. The smallest absolute Gasteiger partial charge is 0.0724 e. The number of ether oxygens (including phenoxy) is 1. The second-order valence-corrected chi connectivity index (χ2v) is 4.71. The van der Waals surface area contributed by atoms with E-state index in [0.29, 0.717) is 0 Å². The first kappa shape index (κ1) is 9.83. The molecule has 0 atom stereocenters. The van der Waals surface area contributed by atoms with Crippen LogP contribution in [0.4, 0.5) is 5.69 Å². The van der Waals surface area contributed by atoms with Gasteiger partial charge in [-0.15, -0.1) is 0 Å². The van der Waals surface area contributed by atoms with E-state index in [1.165, 1.54) is 4.90 Å². The summed E-state index contributed by atoms with van der Waals surface area (Å²) in [6.07, 6.45) is 0. The van der Waals surface area contributed by atoms with Gasteiger partial charge >= 0.3 is 0 Å². The average molecular weight is 210 g/mol. The van der Waals surface area contributed by atoms with E-state index in [1.807, 2.05) is 24.3 Å². The van der Waals surface area contributed by atoms with Crippen LogP contribution in [-0.4, -0.2) is 18.8 Å². The Kier molecular flexibility index (Phi) is 2.67. The highest BCUT2D eigenvalue weighted by Gasteiger charge is 2.32. The summed E-state index contributed by atoms with van der Waals surface area (Å²) >= 11 is 1.63. The van der Waals surface area contributed by atoms with Crippen LogP contribution in [0.3, 0.4) is 0 Å². The Morgan fingerprint density at radius 3 is 2.50 bits per heavy atom. The summed E-state index contributed by atoms with van der Waals surface area (Å²) in [4.78, 5) is 1.17. The van der Waals surface area contributed by atoms with Gasteiger partial charge in [0, 0.05) is 10.6 Å². The number of hydrogen-bond donors (Lipinski definition) is 2. The minimum atomic E-state index is 0.131. The predicted molar refractivity (Wildman–Crippen MR) is 59.1 cm³/mol. The summed E-state index contributed by atoms with van der Waals surface area (Å²) in [5.74, 6) is 0. The number of anilines is 1. The molecule has 14 heavy (non-hydrogen) atoms. The second kappa shape index (κ2) is 3.81. The lowest BCUT2D eigenvalue weighted by atomic mass is 10.0. The van der Waals surface area contributed by atoms with E-state index in [2.05, 4.69) is 11.6 Å². The van der Waals surface area contributed by atoms with Gasteiger partial charge in [0.15, 0.2) is 0 Å². The highest BCUT2D eigenvalue weighted by atomic mass is 32.2. The largest absolute Gasteiger partial charge is 0.399 e. The minimum absolute atomic E-state index is 0.131. The fourth-order valence-corrected chi connectivity index (χ4v) is 1.94. The zero-order chi connectivity index (χ0) is 10.0. The van der Waals surface area contributed by atoms with Gasteiger partial charge < -0.3 is 10.5 Å². The zero-order valence-corrected chi connectivity index (χ0v) is 8.93. The number of hydrogen-bond acceptors (Lipinski definition) is 4. The molecule has 3 nitrogen and oxygen atoms in total. The fraction of sp³-hybridized carbons (Fsp3) is 0.400. The molecule has 0 unspecified atom stereocenters. The van der Waals surface area contributed by atoms with Crippen LogP contribution in [0.5, 0.6) is 0 Å². The summed E-state index contributed by atoms with van der Waals surface area (Å²) in [6.45, 7) is 3.73. The van der Waals surface area contributed by atoms with Crippen LogP contribution in [-0.2, 0) is 4.74 Å². The van der Waals surface area contributed by atoms with Crippen LogP contribution in [0.25, 0.3) is 0 Å². The van der Waals surface area contributed by atoms with E-state index in [4.69, 9.17) is 10.5 Å². The minimum Gasteiger partial charge on any atom is -0.399 e. The third-order valence-corrected chi connectivity index (χ3v) is 3.24. The van der Waals surface area contributed by atoms with Crippen LogP contribution < -0.4 is 10.5 Å². The van der Waals surface area contributed by atoms with Crippen molar-refractivity contribution >= 4 is 17.6 Å². The summed E-state index contributed by atoms with van der Waals surface area (Å²) in [5.41, 5.74) is 6.53. The van der Waals surface area contributed by atoms with Crippen LogP contribution in [0.2, 0.25) is 0 Å². The molecule has 1 aromatic carbocycles. The number of rotatable bonds is 3. The first-order valence-electron chi connectivity index (χ1n) is 4.55. The molecule has 1 aromatic rings. The molecule has 1 heterocycles. The molecule has 1 aliphatic heterocycles. The molecule has 76 valence electrons. The Hall–Kier alpha value is -0.710. The number of nitrogens with one attached hydrogen (secondary N) is 1. The molecular weight excluding hydrogens is 196 g/mol. The maximum absolute atomic E-state index is 5.60. The lowest BCUT2D eigenvalue weighted by Gasteiger charge is -2.38. The summed E-state index contributed by atoms with van der Waals surface area (Å²) in [5, 5.41) is 0. The van der Waals surface area contributed by atoms with Crippen molar-refractivity contribution in [2.24, 2.45) is 0 Å². The molecule has 1 aliphatic rings. The van der Waals surface area contributed by atoms with E-state index >= 15 is 0 Å². The molecule has 0 aliphatic carbocycles. The van der Waals surface area contributed by atoms with Gasteiger partial charge in [-0.1, -0.05) is 0 Å². The van der Waals surface area contributed by atoms with E-state index < -0.39 is 0 Å². The summed E-state index contributed by atoms with van der Waals surface area (Å²) < 4.78 is 8.53. The zero-order valence-electron chi connectivity index (χ0n) is 8.12. The van der Waals surface area contributed by atoms with Crippen molar-refractivity contribution in [3.05, 3.63) is 24.3 Å². The molecule has 3 N–H and O–H groups in total. The first-order chi connectivity index (χ1) is 6.68. The van der Waals surface area contributed by atoms with Crippen LogP contribution in [0, 0.1) is 0 Å². The molecule has 1 saturated heterocycles. The molecule has 0 aromatic heterocycles. The van der Waals surface area contributed by atoms with Gasteiger partial charge in [0.1, 0.15) is 0 Å². The van der Waals surface area contributed by atoms with Crippen molar-refractivity contribution in [1.82, 2.24) is 4.72 Å².